The number of rotatable bonds is 14. The Morgan fingerprint density at radius 3 is 1.60 bits per heavy atom. The molecule has 1 aliphatic rings. The second-order valence-electron chi connectivity index (χ2n) is 8.83. The normalized spacial score (nSPS) is 18.9. The Balaban J connectivity index is 3.05. The molecule has 1 atom stereocenters. The van der Waals surface area contributed by atoms with Crippen molar-refractivity contribution in [3.05, 3.63) is 0 Å². The number of Topliss-reactive ketones (excluding diaryl/α,β-unsaturated/α-hetero) is 1. The van der Waals surface area contributed by atoms with Crippen molar-refractivity contribution in [2.24, 2.45) is 11.5 Å². The summed E-state index contributed by atoms with van der Waals surface area (Å²) >= 11 is 0. The van der Waals surface area contributed by atoms with Gasteiger partial charge in [-0.25, -0.2) is 0 Å². The maximum atomic E-state index is 12.1. The number of carboxylic acids is 3. The van der Waals surface area contributed by atoms with Gasteiger partial charge in [-0.1, -0.05) is 0 Å². The predicted molar refractivity (Wildman–Crippen MR) is 129 cm³/mol. The standard InChI is InChI=1S/C22H42N6O7/c23-5-1-2-18(29)3-4-19(22(34)35)28-14-12-26(16-20(30)31)10-8-25(7-6-24)9-11-27(13-15-28)17-21(32)33/h19H,1-17,23-24H2,(H,30,31)(H,32,33)(H,34,35). The third-order valence-corrected chi connectivity index (χ3v) is 6.12. The molecule has 1 fully saturated rings. The molecular formula is C22H42N6O7. The minimum Gasteiger partial charge on any atom is -0.480 e. The quantitative estimate of drug-likeness (QED) is 0.173. The zero-order chi connectivity index (χ0) is 26.2. The highest BCUT2D eigenvalue weighted by molar-refractivity contribution is 5.80. The Morgan fingerprint density at radius 2 is 1.17 bits per heavy atom. The van der Waals surface area contributed by atoms with Crippen molar-refractivity contribution < 1.29 is 34.5 Å². The summed E-state index contributed by atoms with van der Waals surface area (Å²) < 4.78 is 0. The molecule has 1 rings (SSSR count). The zero-order valence-corrected chi connectivity index (χ0v) is 20.5. The molecule has 0 aliphatic carbocycles. The van der Waals surface area contributed by atoms with Crippen LogP contribution in [0.15, 0.2) is 0 Å². The molecular weight excluding hydrogens is 460 g/mol. The van der Waals surface area contributed by atoms with E-state index >= 15 is 0 Å². The van der Waals surface area contributed by atoms with Crippen LogP contribution in [0.1, 0.15) is 25.7 Å². The number of nitrogens with zero attached hydrogens (tertiary/aromatic N) is 4. The van der Waals surface area contributed by atoms with E-state index in [4.69, 9.17) is 11.5 Å². The Bertz CT molecular complexity index is 649. The second-order valence-corrected chi connectivity index (χ2v) is 8.83. The van der Waals surface area contributed by atoms with Crippen LogP contribution in [0.4, 0.5) is 0 Å². The monoisotopic (exact) mass is 502 g/mol. The van der Waals surface area contributed by atoms with Crippen LogP contribution in [0.25, 0.3) is 0 Å². The second kappa shape index (κ2) is 17.3. The van der Waals surface area contributed by atoms with Crippen LogP contribution in [0.3, 0.4) is 0 Å². The molecule has 0 bridgehead atoms. The number of ketones is 1. The first-order valence-corrected chi connectivity index (χ1v) is 12.2. The van der Waals surface area contributed by atoms with E-state index in [2.05, 4.69) is 4.90 Å². The minimum absolute atomic E-state index is 0.0453. The van der Waals surface area contributed by atoms with Crippen molar-refractivity contribution in [2.45, 2.75) is 31.7 Å². The molecule has 13 nitrogen and oxygen atoms in total. The Hall–Kier alpha value is -2.16. The van der Waals surface area contributed by atoms with E-state index in [1.165, 1.54) is 0 Å². The average molecular weight is 503 g/mol. The van der Waals surface area contributed by atoms with Gasteiger partial charge in [-0.3, -0.25) is 38.8 Å². The first kappa shape index (κ1) is 30.9. The molecule has 0 aromatic heterocycles. The van der Waals surface area contributed by atoms with Crippen molar-refractivity contribution in [1.82, 2.24) is 19.6 Å². The van der Waals surface area contributed by atoms with Gasteiger partial charge >= 0.3 is 17.9 Å². The van der Waals surface area contributed by atoms with E-state index in [-0.39, 0.29) is 44.8 Å². The van der Waals surface area contributed by atoms with Crippen LogP contribution in [0.5, 0.6) is 0 Å². The fourth-order valence-corrected chi connectivity index (χ4v) is 4.15. The SMILES string of the molecule is NCCCC(=O)CCC(C(=O)O)N1CCN(CC(=O)O)CCN(CCN)CCN(CC(=O)O)CC1. The average Bonchev–Trinajstić information content (AvgIpc) is 2.78. The topological polar surface area (TPSA) is 194 Å². The summed E-state index contributed by atoms with van der Waals surface area (Å²) in [5, 5.41) is 28.6. The lowest BCUT2D eigenvalue weighted by molar-refractivity contribution is -0.145. The van der Waals surface area contributed by atoms with Crippen LogP contribution in [-0.2, 0) is 19.2 Å². The van der Waals surface area contributed by atoms with Crippen molar-refractivity contribution in [3.8, 4) is 0 Å². The Kier molecular flexibility index (Phi) is 15.3. The van der Waals surface area contributed by atoms with Crippen LogP contribution in [-0.4, -0.2) is 150 Å². The summed E-state index contributed by atoms with van der Waals surface area (Å²) in [7, 11) is 0. The first-order valence-electron chi connectivity index (χ1n) is 12.2. The first-order chi connectivity index (χ1) is 16.7. The Morgan fingerprint density at radius 1 is 0.686 bits per heavy atom. The minimum atomic E-state index is -1.06. The molecule has 0 radical (unpaired) electrons. The van der Waals surface area contributed by atoms with E-state index < -0.39 is 23.9 Å². The highest BCUT2D eigenvalue weighted by atomic mass is 16.4. The molecule has 0 amide bonds. The maximum absolute atomic E-state index is 12.1. The molecule has 1 heterocycles. The lowest BCUT2D eigenvalue weighted by Crippen LogP contribution is -2.51. The van der Waals surface area contributed by atoms with Gasteiger partial charge in [0, 0.05) is 78.3 Å². The van der Waals surface area contributed by atoms with Gasteiger partial charge in [-0.15, -0.1) is 0 Å². The highest BCUT2D eigenvalue weighted by Crippen LogP contribution is 2.12. The van der Waals surface area contributed by atoms with Gasteiger partial charge in [0.1, 0.15) is 11.8 Å². The van der Waals surface area contributed by atoms with Gasteiger partial charge in [0.05, 0.1) is 13.1 Å². The molecule has 0 spiro atoms. The third kappa shape index (κ3) is 13.5. The summed E-state index contributed by atoms with van der Waals surface area (Å²) in [5.41, 5.74) is 11.2. The van der Waals surface area contributed by atoms with E-state index in [1.807, 2.05) is 0 Å². The molecule has 13 heteroatoms. The van der Waals surface area contributed by atoms with E-state index in [0.29, 0.717) is 71.7 Å². The van der Waals surface area contributed by atoms with Gasteiger partial charge < -0.3 is 26.8 Å². The molecule has 0 saturated carbocycles. The van der Waals surface area contributed by atoms with E-state index in [0.717, 1.165) is 0 Å². The number of nitrogens with two attached hydrogens (primary N) is 2. The van der Waals surface area contributed by atoms with Crippen LogP contribution < -0.4 is 11.5 Å². The molecule has 0 aromatic carbocycles. The molecule has 1 saturated heterocycles. The summed E-state index contributed by atoms with van der Waals surface area (Å²) in [5.74, 6) is -3.05. The largest absolute Gasteiger partial charge is 0.480 e. The van der Waals surface area contributed by atoms with Crippen molar-refractivity contribution in [3.63, 3.8) is 0 Å². The van der Waals surface area contributed by atoms with E-state index in [9.17, 15) is 34.5 Å². The van der Waals surface area contributed by atoms with Crippen LogP contribution in [0, 0.1) is 0 Å². The van der Waals surface area contributed by atoms with Gasteiger partial charge in [-0.05, 0) is 19.4 Å². The predicted octanol–water partition coefficient (Wildman–Crippen LogP) is -2.12. The molecule has 7 N–H and O–H groups in total. The smallest absolute Gasteiger partial charge is 0.320 e. The lowest BCUT2D eigenvalue weighted by Gasteiger charge is -2.35. The number of hydrogen-bond acceptors (Lipinski definition) is 10. The number of aliphatic carboxylic acids is 3. The lowest BCUT2D eigenvalue weighted by atomic mass is 10.0. The van der Waals surface area contributed by atoms with Gasteiger partial charge in [0.25, 0.3) is 0 Å². The number of carboxylic acid groups (broad SMARTS) is 3. The Labute approximate surface area is 206 Å². The molecule has 1 aliphatic heterocycles. The summed E-state index contributed by atoms with van der Waals surface area (Å²) in [6, 6.07) is -0.938. The molecule has 35 heavy (non-hydrogen) atoms. The summed E-state index contributed by atoms with van der Waals surface area (Å²) in [6.45, 7) is 4.30. The molecule has 0 aromatic rings. The fourth-order valence-electron chi connectivity index (χ4n) is 4.15. The van der Waals surface area contributed by atoms with Crippen molar-refractivity contribution >= 4 is 23.7 Å². The number of carbonyl (C=O) groups excluding carboxylic acids is 1. The highest BCUT2D eigenvalue weighted by Gasteiger charge is 2.28. The van der Waals surface area contributed by atoms with E-state index in [1.54, 1.807) is 14.7 Å². The fraction of sp³-hybridized carbons (Fsp3) is 0.818. The third-order valence-electron chi connectivity index (χ3n) is 6.12. The van der Waals surface area contributed by atoms with Gasteiger partial charge in [0.2, 0.25) is 0 Å². The molecule has 202 valence electrons. The molecule has 1 unspecified atom stereocenters. The number of hydrogen-bond donors (Lipinski definition) is 5. The van der Waals surface area contributed by atoms with Crippen molar-refractivity contribution in [2.75, 3.05) is 85.1 Å². The van der Waals surface area contributed by atoms with Crippen LogP contribution >= 0.6 is 0 Å². The van der Waals surface area contributed by atoms with Crippen molar-refractivity contribution in [1.29, 1.82) is 0 Å². The summed E-state index contributed by atoms with van der Waals surface area (Å²) in [6.07, 6.45) is 1.09. The van der Waals surface area contributed by atoms with Gasteiger partial charge in [-0.2, -0.15) is 0 Å². The summed E-state index contributed by atoms with van der Waals surface area (Å²) in [4.78, 5) is 54.4. The maximum Gasteiger partial charge on any atom is 0.320 e. The number of carbonyl (C=O) groups is 4. The zero-order valence-electron chi connectivity index (χ0n) is 20.5. The van der Waals surface area contributed by atoms with Gasteiger partial charge in [0.15, 0.2) is 0 Å². The van der Waals surface area contributed by atoms with Crippen LogP contribution in [0.2, 0.25) is 0 Å².